The molecular formula is C10H12ClN3O2. The first kappa shape index (κ1) is 11.3. The molecule has 5 nitrogen and oxygen atoms in total. The maximum absolute atomic E-state index is 11.9. The van der Waals surface area contributed by atoms with Crippen molar-refractivity contribution in [1.82, 2.24) is 9.97 Å². The van der Waals surface area contributed by atoms with Gasteiger partial charge in [0.2, 0.25) is 5.91 Å². The van der Waals surface area contributed by atoms with Gasteiger partial charge in [0.25, 0.3) is 0 Å². The maximum atomic E-state index is 11.9. The fourth-order valence-electron chi connectivity index (χ4n) is 1.69. The third-order valence-corrected chi connectivity index (χ3v) is 2.88. The molecule has 0 aromatic carbocycles. The molecule has 1 aliphatic heterocycles. The Morgan fingerprint density at radius 2 is 2.31 bits per heavy atom. The van der Waals surface area contributed by atoms with Crippen LogP contribution in [0, 0.1) is 5.92 Å². The lowest BCUT2D eigenvalue weighted by Gasteiger charge is -2.13. The molecule has 0 bridgehead atoms. The van der Waals surface area contributed by atoms with Gasteiger partial charge in [0, 0.05) is 19.0 Å². The number of hydrogen-bond acceptors (Lipinski definition) is 4. The van der Waals surface area contributed by atoms with Crippen molar-refractivity contribution in [1.29, 1.82) is 0 Å². The highest BCUT2D eigenvalue weighted by Crippen LogP contribution is 2.23. The number of halogens is 1. The van der Waals surface area contributed by atoms with Crippen LogP contribution in [0.5, 0.6) is 0 Å². The van der Waals surface area contributed by atoms with Gasteiger partial charge in [0.05, 0.1) is 12.0 Å². The van der Waals surface area contributed by atoms with Crippen LogP contribution in [0.25, 0.3) is 0 Å². The Kier molecular flexibility index (Phi) is 3.36. The van der Waals surface area contributed by atoms with E-state index in [1.807, 2.05) is 6.92 Å². The van der Waals surface area contributed by atoms with Crippen LogP contribution in [0.3, 0.4) is 0 Å². The molecule has 1 aromatic rings. The normalized spacial score (nSPS) is 24.4. The van der Waals surface area contributed by atoms with Gasteiger partial charge in [-0.05, 0) is 13.3 Å². The number of hydrogen-bond donors (Lipinski definition) is 1. The van der Waals surface area contributed by atoms with Crippen LogP contribution in [0.15, 0.2) is 12.4 Å². The third kappa shape index (κ3) is 2.31. The zero-order valence-corrected chi connectivity index (χ0v) is 9.57. The highest BCUT2D eigenvalue weighted by molar-refractivity contribution is 6.32. The van der Waals surface area contributed by atoms with E-state index in [0.29, 0.717) is 12.4 Å². The molecule has 0 saturated carbocycles. The summed E-state index contributed by atoms with van der Waals surface area (Å²) >= 11 is 5.79. The second-order valence-electron chi connectivity index (χ2n) is 3.66. The van der Waals surface area contributed by atoms with Gasteiger partial charge in [-0.2, -0.15) is 0 Å². The summed E-state index contributed by atoms with van der Waals surface area (Å²) in [6.45, 7) is 2.50. The van der Waals surface area contributed by atoms with E-state index in [9.17, 15) is 4.79 Å². The molecule has 2 heterocycles. The third-order valence-electron chi connectivity index (χ3n) is 2.61. The molecule has 6 heteroatoms. The first-order chi connectivity index (χ1) is 7.68. The van der Waals surface area contributed by atoms with Gasteiger partial charge in [0.15, 0.2) is 11.0 Å². The number of nitrogens with one attached hydrogen (secondary N) is 1. The number of aromatic nitrogens is 2. The standard InChI is InChI=1S/C10H12ClN3O2/c1-6-7(2-5-16-6)10(15)14-9-8(11)12-3-4-13-9/h3-4,6-7H,2,5H2,1H3,(H,13,14,15). The molecule has 16 heavy (non-hydrogen) atoms. The van der Waals surface area contributed by atoms with E-state index in [1.54, 1.807) is 0 Å². The Morgan fingerprint density at radius 1 is 1.56 bits per heavy atom. The molecule has 1 amide bonds. The zero-order chi connectivity index (χ0) is 11.5. The highest BCUT2D eigenvalue weighted by atomic mass is 35.5. The number of ether oxygens (including phenoxy) is 1. The van der Waals surface area contributed by atoms with Crippen molar-refractivity contribution in [2.24, 2.45) is 5.92 Å². The van der Waals surface area contributed by atoms with E-state index in [1.165, 1.54) is 12.4 Å². The lowest BCUT2D eigenvalue weighted by molar-refractivity contribution is -0.121. The van der Waals surface area contributed by atoms with Crippen LogP contribution < -0.4 is 5.32 Å². The smallest absolute Gasteiger partial charge is 0.231 e. The van der Waals surface area contributed by atoms with E-state index in [2.05, 4.69) is 15.3 Å². The number of amides is 1. The minimum atomic E-state index is -0.141. The van der Waals surface area contributed by atoms with Crippen molar-refractivity contribution in [2.45, 2.75) is 19.4 Å². The van der Waals surface area contributed by atoms with Gasteiger partial charge in [-0.1, -0.05) is 11.6 Å². The molecule has 1 aliphatic rings. The van der Waals surface area contributed by atoms with E-state index in [0.717, 1.165) is 6.42 Å². The quantitative estimate of drug-likeness (QED) is 0.852. The van der Waals surface area contributed by atoms with Crippen LogP contribution in [0.4, 0.5) is 5.82 Å². The summed E-state index contributed by atoms with van der Waals surface area (Å²) in [4.78, 5) is 19.6. The fourth-order valence-corrected chi connectivity index (χ4v) is 1.84. The summed E-state index contributed by atoms with van der Waals surface area (Å²) in [7, 11) is 0. The number of carbonyl (C=O) groups is 1. The van der Waals surface area contributed by atoms with Crippen molar-refractivity contribution in [2.75, 3.05) is 11.9 Å². The van der Waals surface area contributed by atoms with E-state index < -0.39 is 0 Å². The Morgan fingerprint density at radius 3 is 2.94 bits per heavy atom. The predicted octanol–water partition coefficient (Wildman–Crippen LogP) is 1.49. The molecule has 2 unspecified atom stereocenters. The van der Waals surface area contributed by atoms with Gasteiger partial charge in [-0.15, -0.1) is 0 Å². The lowest BCUT2D eigenvalue weighted by atomic mass is 10.0. The van der Waals surface area contributed by atoms with Crippen molar-refractivity contribution >= 4 is 23.3 Å². The minimum absolute atomic E-state index is 0.0598. The van der Waals surface area contributed by atoms with Gasteiger partial charge in [0.1, 0.15) is 0 Å². The Hall–Kier alpha value is -1.20. The number of rotatable bonds is 2. The molecule has 0 radical (unpaired) electrons. The largest absolute Gasteiger partial charge is 0.378 e. The van der Waals surface area contributed by atoms with Crippen LogP contribution in [0.1, 0.15) is 13.3 Å². The second kappa shape index (κ2) is 4.76. The van der Waals surface area contributed by atoms with Crippen molar-refractivity contribution in [3.05, 3.63) is 17.5 Å². The van der Waals surface area contributed by atoms with Crippen LogP contribution in [-0.4, -0.2) is 28.6 Å². The zero-order valence-electron chi connectivity index (χ0n) is 8.81. The fraction of sp³-hybridized carbons (Fsp3) is 0.500. The van der Waals surface area contributed by atoms with Crippen molar-refractivity contribution in [3.63, 3.8) is 0 Å². The second-order valence-corrected chi connectivity index (χ2v) is 4.01. The van der Waals surface area contributed by atoms with Crippen molar-refractivity contribution < 1.29 is 9.53 Å². The molecular weight excluding hydrogens is 230 g/mol. The summed E-state index contributed by atoms with van der Waals surface area (Å²) in [6, 6.07) is 0. The van der Waals surface area contributed by atoms with E-state index in [4.69, 9.17) is 16.3 Å². The first-order valence-electron chi connectivity index (χ1n) is 5.07. The van der Waals surface area contributed by atoms with Crippen LogP contribution in [0.2, 0.25) is 5.15 Å². The minimum Gasteiger partial charge on any atom is -0.378 e. The average molecular weight is 242 g/mol. The van der Waals surface area contributed by atoms with Gasteiger partial charge in [-0.3, -0.25) is 4.79 Å². The number of nitrogens with zero attached hydrogens (tertiary/aromatic N) is 2. The molecule has 1 aromatic heterocycles. The predicted molar refractivity (Wildman–Crippen MR) is 59.2 cm³/mol. The molecule has 0 aliphatic carbocycles. The first-order valence-corrected chi connectivity index (χ1v) is 5.45. The molecule has 0 spiro atoms. The van der Waals surface area contributed by atoms with E-state index >= 15 is 0 Å². The Bertz CT molecular complexity index is 399. The summed E-state index contributed by atoms with van der Waals surface area (Å²) < 4.78 is 5.32. The van der Waals surface area contributed by atoms with E-state index in [-0.39, 0.29) is 23.1 Å². The number of carbonyl (C=O) groups excluding carboxylic acids is 1. The topological polar surface area (TPSA) is 64.1 Å². The molecule has 86 valence electrons. The molecule has 2 rings (SSSR count). The Labute approximate surface area is 98.2 Å². The molecule has 1 N–H and O–H groups in total. The van der Waals surface area contributed by atoms with Gasteiger partial charge in [-0.25, -0.2) is 9.97 Å². The average Bonchev–Trinajstić information content (AvgIpc) is 2.68. The summed E-state index contributed by atoms with van der Waals surface area (Å²) in [5.41, 5.74) is 0. The Balaban J connectivity index is 2.05. The van der Waals surface area contributed by atoms with Gasteiger partial charge >= 0.3 is 0 Å². The monoisotopic (exact) mass is 241 g/mol. The van der Waals surface area contributed by atoms with Crippen molar-refractivity contribution in [3.8, 4) is 0 Å². The highest BCUT2D eigenvalue weighted by Gasteiger charge is 2.31. The SMILES string of the molecule is CC1OCCC1C(=O)Nc1nccnc1Cl. The lowest BCUT2D eigenvalue weighted by Crippen LogP contribution is -2.28. The summed E-state index contributed by atoms with van der Waals surface area (Å²) in [6.07, 6.45) is 3.62. The number of anilines is 1. The molecule has 1 saturated heterocycles. The van der Waals surface area contributed by atoms with Gasteiger partial charge < -0.3 is 10.1 Å². The van der Waals surface area contributed by atoms with Crippen LogP contribution in [-0.2, 0) is 9.53 Å². The summed E-state index contributed by atoms with van der Waals surface area (Å²) in [5.74, 6) is 0.0405. The summed E-state index contributed by atoms with van der Waals surface area (Å²) in [5, 5.41) is 2.85. The van der Waals surface area contributed by atoms with Crippen LogP contribution >= 0.6 is 11.6 Å². The molecule has 2 atom stereocenters. The maximum Gasteiger partial charge on any atom is 0.231 e. The molecule has 1 fully saturated rings.